The second-order valence-corrected chi connectivity index (χ2v) is 8.10. The molecule has 0 radical (unpaired) electrons. The van der Waals surface area contributed by atoms with E-state index in [1.807, 2.05) is 0 Å². The number of esters is 1. The van der Waals surface area contributed by atoms with Crippen molar-refractivity contribution in [2.24, 2.45) is 0 Å². The molecule has 0 amide bonds. The largest absolute Gasteiger partial charge is 0.481 e. The highest BCUT2D eigenvalue weighted by Crippen LogP contribution is 2.38. The third-order valence-electron chi connectivity index (χ3n) is 5.00. The summed E-state index contributed by atoms with van der Waals surface area (Å²) in [6, 6.07) is 2.81. The number of halogens is 3. The molecule has 1 aliphatic rings. The van der Waals surface area contributed by atoms with E-state index in [1.54, 1.807) is 6.92 Å². The molecule has 1 heterocycles. The van der Waals surface area contributed by atoms with Crippen LogP contribution in [-0.2, 0) is 16.0 Å². The van der Waals surface area contributed by atoms with Gasteiger partial charge in [-0.25, -0.2) is 14.2 Å². The van der Waals surface area contributed by atoms with E-state index in [9.17, 15) is 14.7 Å². The van der Waals surface area contributed by atoms with Crippen molar-refractivity contribution in [3.63, 3.8) is 0 Å². The molecule has 0 saturated heterocycles. The van der Waals surface area contributed by atoms with Crippen molar-refractivity contribution in [2.45, 2.75) is 51.4 Å². The molecule has 0 spiro atoms. The maximum Gasteiger partial charge on any atom is 0.359 e. The molecule has 1 aromatic heterocycles. The number of carboxylic acids is 1. The minimum Gasteiger partial charge on any atom is -0.481 e. The summed E-state index contributed by atoms with van der Waals surface area (Å²) in [7, 11) is 0. The van der Waals surface area contributed by atoms with Gasteiger partial charge in [-0.05, 0) is 47.3 Å². The van der Waals surface area contributed by atoms with Crippen LogP contribution >= 0.6 is 27.5 Å². The molecule has 1 saturated carbocycles. The van der Waals surface area contributed by atoms with Gasteiger partial charge in [0.05, 0.1) is 23.7 Å². The molecular weight excluding hydrogens is 467 g/mol. The topological polar surface area (TPSA) is 81.4 Å². The first-order chi connectivity index (χ1) is 13.8. The van der Waals surface area contributed by atoms with E-state index in [2.05, 4.69) is 20.9 Å². The first-order valence-electron chi connectivity index (χ1n) is 9.49. The van der Waals surface area contributed by atoms with E-state index in [1.165, 1.54) is 16.7 Å². The van der Waals surface area contributed by atoms with Gasteiger partial charge >= 0.3 is 11.9 Å². The Hall–Kier alpha value is -1.93. The first-order valence-corrected chi connectivity index (χ1v) is 10.7. The molecule has 0 atom stereocenters. The fourth-order valence-electron chi connectivity index (χ4n) is 3.72. The van der Waals surface area contributed by atoms with Crippen molar-refractivity contribution < 1.29 is 23.8 Å². The standard InChI is InChI=1S/C20H21BrClFN2O4/c1-2-29-20(28)16-18(21)25(19(24-16)11-6-4-3-5-7-11)17-12(10-14(26)27)8-9-13(22)15(17)23/h8-9,11H,2-7,10H2,1H3,(H,26,27). The molecule has 2 aromatic rings. The van der Waals surface area contributed by atoms with E-state index < -0.39 is 24.2 Å². The van der Waals surface area contributed by atoms with Crippen LogP contribution in [0.3, 0.4) is 0 Å². The molecule has 0 aliphatic heterocycles. The van der Waals surface area contributed by atoms with Crippen molar-refractivity contribution in [1.82, 2.24) is 9.55 Å². The highest BCUT2D eigenvalue weighted by atomic mass is 79.9. The predicted octanol–water partition coefficient (Wildman–Crippen LogP) is 5.28. The van der Waals surface area contributed by atoms with Crippen LogP contribution in [0.5, 0.6) is 0 Å². The molecular formula is C20H21BrClFN2O4. The lowest BCUT2D eigenvalue weighted by Gasteiger charge is -2.23. The second-order valence-electron chi connectivity index (χ2n) is 6.94. The second kappa shape index (κ2) is 9.26. The fourth-order valence-corrected chi connectivity index (χ4v) is 4.48. The van der Waals surface area contributed by atoms with Crippen molar-refractivity contribution >= 4 is 39.5 Å². The minimum atomic E-state index is -1.10. The average molecular weight is 488 g/mol. The zero-order chi connectivity index (χ0) is 21.1. The van der Waals surface area contributed by atoms with Gasteiger partial charge in [0.1, 0.15) is 10.4 Å². The van der Waals surface area contributed by atoms with Crippen LogP contribution in [0.4, 0.5) is 4.39 Å². The summed E-state index contributed by atoms with van der Waals surface area (Å²) in [6.07, 6.45) is 4.42. The van der Waals surface area contributed by atoms with Crippen LogP contribution in [0.2, 0.25) is 5.02 Å². The van der Waals surface area contributed by atoms with Gasteiger partial charge in [-0.3, -0.25) is 9.36 Å². The number of benzene rings is 1. The third-order valence-corrected chi connectivity index (χ3v) is 6.03. The molecule has 1 fully saturated rings. The zero-order valence-electron chi connectivity index (χ0n) is 15.9. The Morgan fingerprint density at radius 3 is 2.66 bits per heavy atom. The van der Waals surface area contributed by atoms with Crippen LogP contribution in [0.15, 0.2) is 16.7 Å². The number of ether oxygens (including phenoxy) is 1. The van der Waals surface area contributed by atoms with E-state index in [4.69, 9.17) is 16.3 Å². The van der Waals surface area contributed by atoms with Gasteiger partial charge in [-0.2, -0.15) is 0 Å². The van der Waals surface area contributed by atoms with Gasteiger partial charge in [0, 0.05) is 5.92 Å². The quantitative estimate of drug-likeness (QED) is 0.561. The van der Waals surface area contributed by atoms with E-state index in [-0.39, 0.29) is 39.1 Å². The molecule has 156 valence electrons. The summed E-state index contributed by atoms with van der Waals surface area (Å²) < 4.78 is 22.0. The number of aliphatic carboxylic acids is 1. The van der Waals surface area contributed by atoms with E-state index in [0.717, 1.165) is 32.1 Å². The maximum atomic E-state index is 15.2. The minimum absolute atomic E-state index is 0.00426. The molecule has 3 rings (SSSR count). The lowest BCUT2D eigenvalue weighted by atomic mass is 9.88. The Kier molecular flexibility index (Phi) is 6.95. The van der Waals surface area contributed by atoms with Crippen LogP contribution in [0.1, 0.15) is 66.8 Å². The smallest absolute Gasteiger partial charge is 0.359 e. The Morgan fingerprint density at radius 1 is 1.34 bits per heavy atom. The first kappa shape index (κ1) is 21.8. The molecule has 29 heavy (non-hydrogen) atoms. The fraction of sp³-hybridized carbons (Fsp3) is 0.450. The summed E-state index contributed by atoms with van der Waals surface area (Å²) >= 11 is 9.40. The highest BCUT2D eigenvalue weighted by molar-refractivity contribution is 9.10. The molecule has 9 heteroatoms. The molecule has 0 unspecified atom stereocenters. The Morgan fingerprint density at radius 2 is 2.03 bits per heavy atom. The van der Waals surface area contributed by atoms with Gasteiger partial charge in [0.15, 0.2) is 11.5 Å². The lowest BCUT2D eigenvalue weighted by Crippen LogP contribution is -2.15. The van der Waals surface area contributed by atoms with Crippen molar-refractivity contribution in [2.75, 3.05) is 6.61 Å². The Bertz CT molecular complexity index is 941. The van der Waals surface area contributed by atoms with Gasteiger partial charge < -0.3 is 9.84 Å². The molecule has 0 bridgehead atoms. The van der Waals surface area contributed by atoms with Crippen LogP contribution in [-0.4, -0.2) is 33.2 Å². The zero-order valence-corrected chi connectivity index (χ0v) is 18.2. The van der Waals surface area contributed by atoms with Crippen molar-refractivity contribution in [1.29, 1.82) is 0 Å². The van der Waals surface area contributed by atoms with E-state index in [0.29, 0.717) is 5.82 Å². The van der Waals surface area contributed by atoms with Gasteiger partial charge in [-0.1, -0.05) is 36.9 Å². The summed E-state index contributed by atoms with van der Waals surface area (Å²) in [6.45, 7) is 1.86. The number of nitrogens with zero attached hydrogens (tertiary/aromatic N) is 2. The van der Waals surface area contributed by atoms with Crippen LogP contribution < -0.4 is 0 Å². The number of carbonyl (C=O) groups is 2. The SMILES string of the molecule is CCOC(=O)c1nc(C2CCCCC2)n(-c2c(CC(=O)O)ccc(Cl)c2F)c1Br. The third kappa shape index (κ3) is 4.48. The monoisotopic (exact) mass is 486 g/mol. The summed E-state index contributed by atoms with van der Waals surface area (Å²) in [5, 5.41) is 9.15. The molecule has 1 N–H and O–H groups in total. The number of rotatable bonds is 6. The average Bonchev–Trinajstić information content (AvgIpc) is 3.03. The molecule has 1 aliphatic carbocycles. The van der Waals surface area contributed by atoms with Crippen LogP contribution in [0.25, 0.3) is 5.69 Å². The van der Waals surface area contributed by atoms with E-state index >= 15 is 4.39 Å². The van der Waals surface area contributed by atoms with Gasteiger partial charge in [0.25, 0.3) is 0 Å². The van der Waals surface area contributed by atoms with Crippen LogP contribution in [0, 0.1) is 5.82 Å². The predicted molar refractivity (Wildman–Crippen MR) is 109 cm³/mol. The summed E-state index contributed by atoms with van der Waals surface area (Å²) in [5.41, 5.74) is 0.272. The number of aromatic nitrogens is 2. The number of carboxylic acid groups (broad SMARTS) is 1. The maximum absolute atomic E-state index is 15.2. The Labute approximate surface area is 181 Å². The summed E-state index contributed by atoms with van der Waals surface area (Å²) in [5.74, 6) is -1.96. The Balaban J connectivity index is 2.26. The number of carbonyl (C=O) groups excluding carboxylic acids is 1. The lowest BCUT2D eigenvalue weighted by molar-refractivity contribution is -0.136. The number of hydrogen-bond acceptors (Lipinski definition) is 4. The van der Waals surface area contributed by atoms with Gasteiger partial charge in [-0.15, -0.1) is 0 Å². The molecule has 1 aromatic carbocycles. The number of hydrogen-bond donors (Lipinski definition) is 1. The number of imidazole rings is 1. The summed E-state index contributed by atoms with van der Waals surface area (Å²) in [4.78, 5) is 28.3. The van der Waals surface area contributed by atoms with Crippen molar-refractivity contribution in [3.8, 4) is 5.69 Å². The van der Waals surface area contributed by atoms with Crippen molar-refractivity contribution in [3.05, 3.63) is 44.7 Å². The molecule has 6 nitrogen and oxygen atoms in total. The highest BCUT2D eigenvalue weighted by Gasteiger charge is 2.31. The van der Waals surface area contributed by atoms with Gasteiger partial charge in [0.2, 0.25) is 0 Å². The normalized spacial score (nSPS) is 14.8.